The van der Waals surface area contributed by atoms with Gasteiger partial charge in [-0.25, -0.2) is 4.79 Å². The van der Waals surface area contributed by atoms with Crippen LogP contribution in [-0.4, -0.2) is 32.7 Å². The Morgan fingerprint density at radius 1 is 1.33 bits per heavy atom. The summed E-state index contributed by atoms with van der Waals surface area (Å²) in [7, 11) is 1.91. The second-order valence-corrected chi connectivity index (χ2v) is 6.55. The molecular formula is C17H23N5O2. The first-order valence-electron chi connectivity index (χ1n) is 8.24. The highest BCUT2D eigenvalue weighted by Crippen LogP contribution is 2.34. The Bertz CT molecular complexity index is 710. The molecule has 2 aromatic rings. The van der Waals surface area contributed by atoms with Gasteiger partial charge in [-0.05, 0) is 61.8 Å². The van der Waals surface area contributed by atoms with Crippen LogP contribution in [0.15, 0.2) is 24.3 Å². The number of aromatic nitrogens is 3. The molecule has 0 saturated heterocycles. The van der Waals surface area contributed by atoms with Gasteiger partial charge >= 0.3 is 6.03 Å². The summed E-state index contributed by atoms with van der Waals surface area (Å²) in [6.45, 7) is 0.653. The van der Waals surface area contributed by atoms with E-state index in [0.717, 1.165) is 42.6 Å². The van der Waals surface area contributed by atoms with Crippen LogP contribution in [0.25, 0.3) is 11.3 Å². The Labute approximate surface area is 140 Å². The standard InChI is InChI=1S/C17H23N5O2/c1-22-15(9-11-2-3-12(8-11)10-19-17(18)24)16(20-21-22)13-4-6-14(23)7-5-13/h4-7,11-12,23H,2-3,8-10H2,1H3,(H3,18,19,24). The van der Waals surface area contributed by atoms with Gasteiger partial charge in [0, 0.05) is 19.2 Å². The molecule has 1 saturated carbocycles. The first-order chi connectivity index (χ1) is 11.5. The monoisotopic (exact) mass is 329 g/mol. The molecule has 7 nitrogen and oxygen atoms in total. The summed E-state index contributed by atoms with van der Waals surface area (Å²) in [5.74, 6) is 1.28. The third kappa shape index (κ3) is 3.67. The van der Waals surface area contributed by atoms with Crippen molar-refractivity contribution < 1.29 is 9.90 Å². The van der Waals surface area contributed by atoms with Crippen molar-refractivity contribution in [2.75, 3.05) is 6.54 Å². The number of aryl methyl sites for hydroxylation is 1. The first kappa shape index (κ1) is 16.3. The van der Waals surface area contributed by atoms with Crippen LogP contribution in [0.1, 0.15) is 25.0 Å². The summed E-state index contributed by atoms with van der Waals surface area (Å²) < 4.78 is 1.83. The minimum atomic E-state index is -0.455. The van der Waals surface area contributed by atoms with Gasteiger partial charge < -0.3 is 16.2 Å². The van der Waals surface area contributed by atoms with E-state index in [4.69, 9.17) is 5.73 Å². The first-order valence-corrected chi connectivity index (χ1v) is 8.24. The minimum Gasteiger partial charge on any atom is -0.508 e. The summed E-state index contributed by atoms with van der Waals surface area (Å²) >= 11 is 0. The maximum Gasteiger partial charge on any atom is 0.312 e. The van der Waals surface area contributed by atoms with Crippen molar-refractivity contribution in [3.8, 4) is 17.0 Å². The molecular weight excluding hydrogens is 306 g/mol. The van der Waals surface area contributed by atoms with Crippen molar-refractivity contribution in [1.29, 1.82) is 0 Å². The molecule has 2 amide bonds. The molecule has 2 unspecified atom stereocenters. The van der Waals surface area contributed by atoms with E-state index in [2.05, 4.69) is 15.6 Å². The zero-order chi connectivity index (χ0) is 17.1. The van der Waals surface area contributed by atoms with Gasteiger partial charge in [0.1, 0.15) is 11.4 Å². The number of carbonyl (C=O) groups excluding carboxylic acids is 1. The Morgan fingerprint density at radius 2 is 2.04 bits per heavy atom. The van der Waals surface area contributed by atoms with Crippen molar-refractivity contribution in [3.05, 3.63) is 30.0 Å². The summed E-state index contributed by atoms with van der Waals surface area (Å²) in [6, 6.07) is 6.58. The topological polar surface area (TPSA) is 106 Å². The van der Waals surface area contributed by atoms with Crippen LogP contribution in [0.4, 0.5) is 4.79 Å². The molecule has 1 fully saturated rings. The number of rotatable bonds is 5. The molecule has 0 spiro atoms. The van der Waals surface area contributed by atoms with Gasteiger partial charge in [-0.3, -0.25) is 4.68 Å². The minimum absolute atomic E-state index is 0.241. The fraction of sp³-hybridized carbons (Fsp3) is 0.471. The fourth-order valence-corrected chi connectivity index (χ4v) is 3.52. The number of amides is 2. The number of phenols is 1. The van der Waals surface area contributed by atoms with Crippen LogP contribution < -0.4 is 11.1 Å². The van der Waals surface area contributed by atoms with Gasteiger partial charge in [0.05, 0.1) is 5.69 Å². The van der Waals surface area contributed by atoms with Gasteiger partial charge in [-0.15, -0.1) is 5.10 Å². The Balaban J connectivity index is 1.69. The highest BCUT2D eigenvalue weighted by Gasteiger charge is 2.27. The van der Waals surface area contributed by atoms with Crippen molar-refractivity contribution in [3.63, 3.8) is 0 Å². The molecule has 1 heterocycles. The molecule has 24 heavy (non-hydrogen) atoms. The number of aromatic hydroxyl groups is 1. The summed E-state index contributed by atoms with van der Waals surface area (Å²) in [5, 5.41) is 20.6. The summed E-state index contributed by atoms with van der Waals surface area (Å²) in [5.41, 5.74) is 8.08. The number of phenolic OH excluding ortho intramolecular Hbond substituents is 1. The zero-order valence-electron chi connectivity index (χ0n) is 13.8. The van der Waals surface area contributed by atoms with Crippen LogP contribution in [0, 0.1) is 11.8 Å². The molecule has 2 atom stereocenters. The molecule has 7 heteroatoms. The third-order valence-corrected chi connectivity index (χ3v) is 4.78. The predicted molar refractivity (Wildman–Crippen MR) is 90.2 cm³/mol. The number of carbonyl (C=O) groups is 1. The number of nitrogens with two attached hydrogens (primary N) is 1. The van der Waals surface area contributed by atoms with E-state index < -0.39 is 6.03 Å². The number of urea groups is 1. The van der Waals surface area contributed by atoms with Gasteiger partial charge in [-0.2, -0.15) is 0 Å². The Kier molecular flexibility index (Phi) is 4.69. The lowest BCUT2D eigenvalue weighted by Gasteiger charge is -2.12. The highest BCUT2D eigenvalue weighted by molar-refractivity contribution is 5.71. The fourth-order valence-electron chi connectivity index (χ4n) is 3.52. The highest BCUT2D eigenvalue weighted by atomic mass is 16.3. The molecule has 1 aromatic carbocycles. The lowest BCUT2D eigenvalue weighted by molar-refractivity contribution is 0.247. The van der Waals surface area contributed by atoms with Crippen LogP contribution in [0.3, 0.4) is 0 Å². The van der Waals surface area contributed by atoms with Gasteiger partial charge in [0.2, 0.25) is 0 Å². The molecule has 4 N–H and O–H groups in total. The SMILES string of the molecule is Cn1nnc(-c2ccc(O)cc2)c1CC1CCC(CNC(N)=O)C1. The van der Waals surface area contributed by atoms with Crippen molar-refractivity contribution in [2.45, 2.75) is 25.7 Å². The van der Waals surface area contributed by atoms with Gasteiger partial charge in [0.25, 0.3) is 0 Å². The summed E-state index contributed by atoms with van der Waals surface area (Å²) in [4.78, 5) is 10.8. The van der Waals surface area contributed by atoms with E-state index in [-0.39, 0.29) is 5.75 Å². The van der Waals surface area contributed by atoms with Crippen LogP contribution in [0.2, 0.25) is 0 Å². The van der Waals surface area contributed by atoms with E-state index in [0.29, 0.717) is 18.4 Å². The average molecular weight is 329 g/mol. The molecule has 0 radical (unpaired) electrons. The third-order valence-electron chi connectivity index (χ3n) is 4.78. The van der Waals surface area contributed by atoms with Crippen molar-refractivity contribution in [2.24, 2.45) is 24.6 Å². The van der Waals surface area contributed by atoms with Gasteiger partial charge in [-0.1, -0.05) is 5.21 Å². The molecule has 0 bridgehead atoms. The average Bonchev–Trinajstić information content (AvgIpc) is 3.14. The maximum absolute atomic E-state index is 10.8. The van der Waals surface area contributed by atoms with E-state index in [1.54, 1.807) is 12.1 Å². The van der Waals surface area contributed by atoms with Gasteiger partial charge in [0.15, 0.2) is 0 Å². The van der Waals surface area contributed by atoms with E-state index in [9.17, 15) is 9.90 Å². The number of primary amides is 1. The second-order valence-electron chi connectivity index (χ2n) is 6.55. The molecule has 0 aliphatic heterocycles. The lowest BCUT2D eigenvalue weighted by atomic mass is 9.97. The van der Waals surface area contributed by atoms with E-state index >= 15 is 0 Å². The van der Waals surface area contributed by atoms with E-state index in [1.807, 2.05) is 23.9 Å². The largest absolute Gasteiger partial charge is 0.508 e. The number of benzene rings is 1. The maximum atomic E-state index is 10.8. The van der Waals surface area contributed by atoms with Crippen molar-refractivity contribution in [1.82, 2.24) is 20.3 Å². The molecule has 3 rings (SSSR count). The number of nitrogens with one attached hydrogen (secondary N) is 1. The zero-order valence-corrected chi connectivity index (χ0v) is 13.8. The Hall–Kier alpha value is -2.57. The molecule has 1 aliphatic rings. The van der Waals surface area contributed by atoms with Crippen LogP contribution >= 0.6 is 0 Å². The second kappa shape index (κ2) is 6.90. The number of hydrogen-bond donors (Lipinski definition) is 3. The molecule has 128 valence electrons. The lowest BCUT2D eigenvalue weighted by Crippen LogP contribution is -2.33. The molecule has 1 aromatic heterocycles. The van der Waals surface area contributed by atoms with E-state index in [1.165, 1.54) is 0 Å². The van der Waals surface area contributed by atoms with Crippen molar-refractivity contribution >= 4 is 6.03 Å². The van der Waals surface area contributed by atoms with Crippen LogP contribution in [0.5, 0.6) is 5.75 Å². The predicted octanol–water partition coefficient (Wildman–Crippen LogP) is 1.81. The molecule has 1 aliphatic carbocycles. The summed E-state index contributed by atoms with van der Waals surface area (Å²) in [6.07, 6.45) is 4.21. The number of hydrogen-bond acceptors (Lipinski definition) is 4. The number of nitrogens with zero attached hydrogens (tertiary/aromatic N) is 3. The quantitative estimate of drug-likeness (QED) is 0.778. The normalized spacial score (nSPS) is 20.2. The smallest absolute Gasteiger partial charge is 0.312 e. The Morgan fingerprint density at radius 3 is 2.75 bits per heavy atom. The van der Waals surface area contributed by atoms with Crippen LogP contribution in [-0.2, 0) is 13.5 Å².